The fourth-order valence-corrected chi connectivity index (χ4v) is 1.59. The number of rotatable bonds is 6. The molecule has 1 aromatic heterocycles. The summed E-state index contributed by atoms with van der Waals surface area (Å²) in [6.45, 7) is 10.3. The largest absolute Gasteiger partial charge is 0.369 e. The minimum Gasteiger partial charge on any atom is -0.369 e. The van der Waals surface area contributed by atoms with Crippen molar-refractivity contribution >= 4 is 5.82 Å². The van der Waals surface area contributed by atoms with Gasteiger partial charge in [0.2, 0.25) is 0 Å². The molecule has 0 atom stereocenters. The quantitative estimate of drug-likeness (QED) is 0.796. The Morgan fingerprint density at radius 3 is 2.65 bits per heavy atom. The molecule has 1 heterocycles. The van der Waals surface area contributed by atoms with Gasteiger partial charge in [-0.2, -0.15) is 0 Å². The third-order valence-electron chi connectivity index (χ3n) is 2.85. The van der Waals surface area contributed by atoms with E-state index in [1.807, 2.05) is 6.07 Å². The van der Waals surface area contributed by atoms with Crippen LogP contribution in [0, 0.1) is 5.41 Å². The van der Waals surface area contributed by atoms with Crippen molar-refractivity contribution in [1.82, 2.24) is 9.97 Å². The summed E-state index contributed by atoms with van der Waals surface area (Å²) >= 11 is 0. The number of nitrogens with zero attached hydrogens (tertiary/aromatic N) is 2. The minimum atomic E-state index is 0.192. The number of hydrogen-bond acceptors (Lipinski definition) is 4. The molecule has 1 aromatic rings. The second-order valence-electron chi connectivity index (χ2n) is 5.54. The number of anilines is 1. The van der Waals surface area contributed by atoms with Crippen LogP contribution in [-0.2, 0) is 0 Å². The van der Waals surface area contributed by atoms with Gasteiger partial charge < -0.3 is 11.1 Å². The first-order valence-electron chi connectivity index (χ1n) is 6.20. The third-order valence-corrected chi connectivity index (χ3v) is 2.85. The second kappa shape index (κ2) is 5.96. The van der Waals surface area contributed by atoms with E-state index < -0.39 is 0 Å². The van der Waals surface area contributed by atoms with Crippen molar-refractivity contribution in [3.8, 4) is 0 Å². The maximum Gasteiger partial charge on any atom is 0.129 e. The van der Waals surface area contributed by atoms with Gasteiger partial charge in [0.1, 0.15) is 12.1 Å². The van der Waals surface area contributed by atoms with Crippen LogP contribution in [-0.4, -0.2) is 23.1 Å². The van der Waals surface area contributed by atoms with E-state index in [9.17, 15) is 0 Å². The van der Waals surface area contributed by atoms with Crippen LogP contribution in [0.15, 0.2) is 12.4 Å². The van der Waals surface area contributed by atoms with Gasteiger partial charge in [-0.05, 0) is 24.3 Å². The standard InChI is InChI=1S/C13H24N4/c1-10(2)11-7-12(17-9-16-11)15-8-13(3,4)5-6-14/h7,9-10H,5-6,8,14H2,1-4H3,(H,15,16,17). The summed E-state index contributed by atoms with van der Waals surface area (Å²) in [6, 6.07) is 2.02. The fourth-order valence-electron chi connectivity index (χ4n) is 1.59. The highest BCUT2D eigenvalue weighted by atomic mass is 15.0. The number of aromatic nitrogens is 2. The molecule has 0 amide bonds. The van der Waals surface area contributed by atoms with Crippen molar-refractivity contribution < 1.29 is 0 Å². The molecule has 0 spiro atoms. The number of hydrogen-bond donors (Lipinski definition) is 2. The molecule has 0 fully saturated rings. The van der Waals surface area contributed by atoms with Crippen LogP contribution in [0.2, 0.25) is 0 Å². The van der Waals surface area contributed by atoms with E-state index in [1.165, 1.54) is 0 Å². The number of nitrogens with two attached hydrogens (primary N) is 1. The first-order valence-corrected chi connectivity index (χ1v) is 6.20. The van der Waals surface area contributed by atoms with Crippen LogP contribution >= 0.6 is 0 Å². The van der Waals surface area contributed by atoms with Crippen LogP contribution in [0.4, 0.5) is 5.82 Å². The molecule has 17 heavy (non-hydrogen) atoms. The Kier molecular flexibility index (Phi) is 4.87. The van der Waals surface area contributed by atoms with Crippen LogP contribution in [0.25, 0.3) is 0 Å². The smallest absolute Gasteiger partial charge is 0.129 e. The molecule has 4 heteroatoms. The summed E-state index contributed by atoms with van der Waals surface area (Å²) in [5.41, 5.74) is 6.85. The zero-order valence-electron chi connectivity index (χ0n) is 11.3. The molecule has 0 aliphatic carbocycles. The molecule has 0 aliphatic heterocycles. The van der Waals surface area contributed by atoms with E-state index in [0.717, 1.165) is 31.0 Å². The van der Waals surface area contributed by atoms with Crippen molar-refractivity contribution in [3.05, 3.63) is 18.1 Å². The van der Waals surface area contributed by atoms with Crippen molar-refractivity contribution in [2.75, 3.05) is 18.4 Å². The Labute approximate surface area is 104 Å². The maximum absolute atomic E-state index is 5.59. The van der Waals surface area contributed by atoms with Gasteiger partial charge in [0, 0.05) is 18.3 Å². The van der Waals surface area contributed by atoms with Crippen LogP contribution in [0.5, 0.6) is 0 Å². The summed E-state index contributed by atoms with van der Waals surface area (Å²) in [5, 5.41) is 3.36. The summed E-state index contributed by atoms with van der Waals surface area (Å²) < 4.78 is 0. The average Bonchev–Trinajstić information content (AvgIpc) is 2.27. The molecule has 0 saturated carbocycles. The van der Waals surface area contributed by atoms with E-state index >= 15 is 0 Å². The fraction of sp³-hybridized carbons (Fsp3) is 0.692. The highest BCUT2D eigenvalue weighted by molar-refractivity contribution is 5.35. The molecule has 3 N–H and O–H groups in total. The molecule has 0 unspecified atom stereocenters. The van der Waals surface area contributed by atoms with Crippen LogP contribution in [0.1, 0.15) is 45.7 Å². The maximum atomic E-state index is 5.59. The predicted octanol–water partition coefficient (Wildman–Crippen LogP) is 2.39. The summed E-state index contributed by atoms with van der Waals surface area (Å²) in [7, 11) is 0. The van der Waals surface area contributed by atoms with E-state index in [0.29, 0.717) is 5.92 Å². The van der Waals surface area contributed by atoms with E-state index in [2.05, 4.69) is 43.0 Å². The van der Waals surface area contributed by atoms with Gasteiger partial charge >= 0.3 is 0 Å². The van der Waals surface area contributed by atoms with Crippen LogP contribution < -0.4 is 11.1 Å². The molecule has 0 aliphatic rings. The minimum absolute atomic E-state index is 0.192. The van der Waals surface area contributed by atoms with Crippen molar-refractivity contribution in [3.63, 3.8) is 0 Å². The van der Waals surface area contributed by atoms with Crippen molar-refractivity contribution in [1.29, 1.82) is 0 Å². The molecular formula is C13H24N4. The Morgan fingerprint density at radius 1 is 1.35 bits per heavy atom. The SMILES string of the molecule is CC(C)c1cc(NCC(C)(C)CCN)ncn1. The van der Waals surface area contributed by atoms with Gasteiger partial charge in [-0.25, -0.2) is 9.97 Å². The lowest BCUT2D eigenvalue weighted by Gasteiger charge is -2.24. The summed E-state index contributed by atoms with van der Waals surface area (Å²) in [6.07, 6.45) is 2.62. The topological polar surface area (TPSA) is 63.8 Å². The lowest BCUT2D eigenvalue weighted by molar-refractivity contribution is 0.365. The molecule has 0 aromatic carbocycles. The zero-order valence-corrected chi connectivity index (χ0v) is 11.3. The first kappa shape index (κ1) is 13.9. The van der Waals surface area contributed by atoms with E-state index in [-0.39, 0.29) is 5.41 Å². The highest BCUT2D eigenvalue weighted by Gasteiger charge is 2.16. The van der Waals surface area contributed by atoms with Crippen LogP contribution in [0.3, 0.4) is 0 Å². The lowest BCUT2D eigenvalue weighted by atomic mass is 9.89. The van der Waals surface area contributed by atoms with Crippen molar-refractivity contribution in [2.24, 2.45) is 11.1 Å². The van der Waals surface area contributed by atoms with E-state index in [4.69, 9.17) is 5.73 Å². The third kappa shape index (κ3) is 4.69. The zero-order chi connectivity index (χ0) is 12.9. The highest BCUT2D eigenvalue weighted by Crippen LogP contribution is 2.20. The van der Waals surface area contributed by atoms with Gasteiger partial charge in [0.25, 0.3) is 0 Å². The summed E-state index contributed by atoms with van der Waals surface area (Å²) in [4.78, 5) is 8.48. The van der Waals surface area contributed by atoms with Gasteiger partial charge in [0.15, 0.2) is 0 Å². The van der Waals surface area contributed by atoms with E-state index in [1.54, 1.807) is 6.33 Å². The molecule has 0 bridgehead atoms. The molecule has 4 nitrogen and oxygen atoms in total. The van der Waals surface area contributed by atoms with Gasteiger partial charge in [0.05, 0.1) is 0 Å². The number of nitrogens with one attached hydrogen (secondary N) is 1. The first-order chi connectivity index (χ1) is 7.94. The Morgan fingerprint density at radius 2 is 2.06 bits per heavy atom. The Bertz CT molecular complexity index is 347. The average molecular weight is 236 g/mol. The summed E-state index contributed by atoms with van der Waals surface area (Å²) in [5.74, 6) is 1.32. The molecule has 0 radical (unpaired) electrons. The monoisotopic (exact) mass is 236 g/mol. The predicted molar refractivity (Wildman–Crippen MR) is 72.1 cm³/mol. The van der Waals surface area contributed by atoms with Gasteiger partial charge in [-0.3, -0.25) is 0 Å². The Hall–Kier alpha value is -1.16. The van der Waals surface area contributed by atoms with Crippen molar-refractivity contribution in [2.45, 2.75) is 40.0 Å². The molecule has 0 saturated heterocycles. The van der Waals surface area contributed by atoms with Gasteiger partial charge in [-0.15, -0.1) is 0 Å². The van der Waals surface area contributed by atoms with Gasteiger partial charge in [-0.1, -0.05) is 27.7 Å². The second-order valence-corrected chi connectivity index (χ2v) is 5.54. The Balaban J connectivity index is 2.60. The lowest BCUT2D eigenvalue weighted by Crippen LogP contribution is -2.26. The molecule has 1 rings (SSSR count). The normalized spacial score (nSPS) is 11.9. The molecular weight excluding hydrogens is 212 g/mol. The molecule has 96 valence electrons.